The van der Waals surface area contributed by atoms with Crippen LogP contribution in [0.4, 0.5) is 0 Å². The second-order valence-electron chi connectivity index (χ2n) is 3.66. The number of hydrogen-bond donors (Lipinski definition) is 2. The van der Waals surface area contributed by atoms with Gasteiger partial charge in [-0.25, -0.2) is 0 Å². The summed E-state index contributed by atoms with van der Waals surface area (Å²) in [5, 5.41) is 5.76. The average molecular weight is 334 g/mol. The number of rotatable bonds is 5. The van der Waals surface area contributed by atoms with Gasteiger partial charge in [0.05, 0.1) is 12.1 Å². The van der Waals surface area contributed by atoms with Crippen LogP contribution in [0.3, 0.4) is 0 Å². The van der Waals surface area contributed by atoms with E-state index >= 15 is 0 Å². The molecule has 0 bridgehead atoms. The van der Waals surface area contributed by atoms with Gasteiger partial charge in [0.25, 0.3) is 5.91 Å². The molecule has 0 heterocycles. The molecular formula is C12H14BrClN2O2. The number of halogens is 2. The SMILES string of the molecule is CCCNC(=O)CNC(=O)c1ccc(Cl)cc1Br. The van der Waals surface area contributed by atoms with Gasteiger partial charge in [-0.2, -0.15) is 0 Å². The molecule has 0 aliphatic heterocycles. The van der Waals surface area contributed by atoms with Gasteiger partial charge in [0.2, 0.25) is 5.91 Å². The molecule has 0 atom stereocenters. The van der Waals surface area contributed by atoms with Crippen LogP contribution in [-0.2, 0) is 4.79 Å². The van der Waals surface area contributed by atoms with E-state index in [0.29, 0.717) is 21.6 Å². The summed E-state index contributed by atoms with van der Waals surface area (Å²) in [6.45, 7) is 2.54. The van der Waals surface area contributed by atoms with Gasteiger partial charge < -0.3 is 10.6 Å². The molecule has 6 heteroatoms. The van der Waals surface area contributed by atoms with Crippen molar-refractivity contribution in [2.75, 3.05) is 13.1 Å². The van der Waals surface area contributed by atoms with Crippen molar-refractivity contribution in [2.24, 2.45) is 0 Å². The first-order valence-electron chi connectivity index (χ1n) is 5.54. The Morgan fingerprint density at radius 3 is 2.67 bits per heavy atom. The molecule has 0 saturated carbocycles. The minimum atomic E-state index is -0.315. The molecule has 0 aliphatic rings. The van der Waals surface area contributed by atoms with Gasteiger partial charge in [0.15, 0.2) is 0 Å². The summed E-state index contributed by atoms with van der Waals surface area (Å²) in [6, 6.07) is 4.86. The van der Waals surface area contributed by atoms with E-state index in [4.69, 9.17) is 11.6 Å². The number of nitrogens with one attached hydrogen (secondary N) is 2. The first-order chi connectivity index (χ1) is 8.54. The minimum Gasteiger partial charge on any atom is -0.355 e. The predicted molar refractivity (Wildman–Crippen MR) is 74.8 cm³/mol. The quantitative estimate of drug-likeness (QED) is 0.869. The number of hydrogen-bond acceptors (Lipinski definition) is 2. The van der Waals surface area contributed by atoms with Crippen molar-refractivity contribution in [1.82, 2.24) is 10.6 Å². The Hall–Kier alpha value is -1.07. The average Bonchev–Trinajstić information content (AvgIpc) is 2.33. The Labute approximate surface area is 119 Å². The summed E-state index contributed by atoms with van der Waals surface area (Å²) < 4.78 is 0.599. The first kappa shape index (κ1) is 15.0. The fraction of sp³-hybridized carbons (Fsp3) is 0.333. The molecule has 18 heavy (non-hydrogen) atoms. The monoisotopic (exact) mass is 332 g/mol. The topological polar surface area (TPSA) is 58.2 Å². The van der Waals surface area contributed by atoms with E-state index in [1.54, 1.807) is 18.2 Å². The van der Waals surface area contributed by atoms with Gasteiger partial charge >= 0.3 is 0 Å². The molecule has 2 N–H and O–H groups in total. The molecule has 0 radical (unpaired) electrons. The molecule has 0 aromatic heterocycles. The summed E-state index contributed by atoms with van der Waals surface area (Å²) >= 11 is 9.03. The van der Waals surface area contributed by atoms with Crippen LogP contribution in [0.15, 0.2) is 22.7 Å². The van der Waals surface area contributed by atoms with Gasteiger partial charge in [-0.05, 0) is 40.5 Å². The number of benzene rings is 1. The summed E-state index contributed by atoms with van der Waals surface area (Å²) in [7, 11) is 0. The Morgan fingerprint density at radius 2 is 2.06 bits per heavy atom. The largest absolute Gasteiger partial charge is 0.355 e. The summed E-state index contributed by atoms with van der Waals surface area (Å²) in [6.07, 6.45) is 0.864. The van der Waals surface area contributed by atoms with Crippen molar-refractivity contribution >= 4 is 39.3 Å². The van der Waals surface area contributed by atoms with E-state index in [1.165, 1.54) is 0 Å². The molecule has 0 aliphatic carbocycles. The summed E-state index contributed by atoms with van der Waals surface area (Å²) in [4.78, 5) is 23.1. The van der Waals surface area contributed by atoms with E-state index in [0.717, 1.165) is 6.42 Å². The van der Waals surface area contributed by atoms with Crippen molar-refractivity contribution < 1.29 is 9.59 Å². The van der Waals surface area contributed by atoms with Crippen LogP contribution in [0.25, 0.3) is 0 Å². The Bertz CT molecular complexity index is 452. The van der Waals surface area contributed by atoms with Crippen molar-refractivity contribution in [2.45, 2.75) is 13.3 Å². The highest BCUT2D eigenvalue weighted by Crippen LogP contribution is 2.21. The highest BCUT2D eigenvalue weighted by molar-refractivity contribution is 9.10. The van der Waals surface area contributed by atoms with E-state index in [9.17, 15) is 9.59 Å². The van der Waals surface area contributed by atoms with Crippen molar-refractivity contribution in [3.63, 3.8) is 0 Å². The molecule has 1 aromatic carbocycles. The zero-order valence-corrected chi connectivity index (χ0v) is 12.3. The maximum atomic E-state index is 11.8. The lowest BCUT2D eigenvalue weighted by atomic mass is 10.2. The van der Waals surface area contributed by atoms with Gasteiger partial charge in [-0.3, -0.25) is 9.59 Å². The standard InChI is InChI=1S/C12H14BrClN2O2/c1-2-5-15-11(17)7-16-12(18)9-4-3-8(14)6-10(9)13/h3-4,6H,2,5,7H2,1H3,(H,15,17)(H,16,18). The van der Waals surface area contributed by atoms with Crippen molar-refractivity contribution in [3.05, 3.63) is 33.3 Å². The third-order valence-corrected chi connectivity index (χ3v) is 3.05. The molecule has 0 unspecified atom stereocenters. The highest BCUT2D eigenvalue weighted by Gasteiger charge is 2.11. The second-order valence-corrected chi connectivity index (χ2v) is 4.95. The van der Waals surface area contributed by atoms with E-state index < -0.39 is 0 Å². The fourth-order valence-electron chi connectivity index (χ4n) is 1.26. The molecule has 1 aromatic rings. The van der Waals surface area contributed by atoms with Crippen LogP contribution in [0, 0.1) is 0 Å². The maximum absolute atomic E-state index is 11.8. The molecule has 0 fully saturated rings. The lowest BCUT2D eigenvalue weighted by molar-refractivity contribution is -0.120. The Kier molecular flexibility index (Phi) is 6.15. The molecule has 0 spiro atoms. The minimum absolute atomic E-state index is 0.0338. The molecule has 2 amide bonds. The first-order valence-corrected chi connectivity index (χ1v) is 6.71. The predicted octanol–water partition coefficient (Wildman–Crippen LogP) is 2.36. The van der Waals surface area contributed by atoms with Crippen LogP contribution in [-0.4, -0.2) is 24.9 Å². The lowest BCUT2D eigenvalue weighted by Gasteiger charge is -2.07. The Morgan fingerprint density at radius 1 is 1.33 bits per heavy atom. The molecule has 1 rings (SSSR count). The van der Waals surface area contributed by atoms with E-state index in [1.807, 2.05) is 6.92 Å². The van der Waals surface area contributed by atoms with Crippen LogP contribution >= 0.6 is 27.5 Å². The van der Waals surface area contributed by atoms with Crippen LogP contribution < -0.4 is 10.6 Å². The van der Waals surface area contributed by atoms with E-state index in [-0.39, 0.29) is 18.4 Å². The Balaban J connectivity index is 2.53. The van der Waals surface area contributed by atoms with Crippen molar-refractivity contribution in [3.8, 4) is 0 Å². The van der Waals surface area contributed by atoms with Crippen LogP contribution in [0.5, 0.6) is 0 Å². The van der Waals surface area contributed by atoms with Crippen molar-refractivity contribution in [1.29, 1.82) is 0 Å². The lowest BCUT2D eigenvalue weighted by Crippen LogP contribution is -2.37. The van der Waals surface area contributed by atoms with Gasteiger partial charge in [-0.1, -0.05) is 18.5 Å². The van der Waals surface area contributed by atoms with Gasteiger partial charge in [-0.15, -0.1) is 0 Å². The van der Waals surface area contributed by atoms with Crippen LogP contribution in [0.1, 0.15) is 23.7 Å². The molecule has 0 saturated heterocycles. The van der Waals surface area contributed by atoms with Gasteiger partial charge in [0.1, 0.15) is 0 Å². The molecule has 4 nitrogen and oxygen atoms in total. The number of amides is 2. The maximum Gasteiger partial charge on any atom is 0.252 e. The van der Waals surface area contributed by atoms with E-state index in [2.05, 4.69) is 26.6 Å². The normalized spacial score (nSPS) is 9.94. The fourth-order valence-corrected chi connectivity index (χ4v) is 2.12. The zero-order valence-electron chi connectivity index (χ0n) is 9.93. The third kappa shape index (κ3) is 4.66. The van der Waals surface area contributed by atoms with Crippen LogP contribution in [0.2, 0.25) is 5.02 Å². The third-order valence-electron chi connectivity index (χ3n) is 2.16. The zero-order chi connectivity index (χ0) is 13.5. The summed E-state index contributed by atoms with van der Waals surface area (Å²) in [5.74, 6) is -0.513. The second kappa shape index (κ2) is 7.38. The van der Waals surface area contributed by atoms with Gasteiger partial charge in [0, 0.05) is 16.0 Å². The number of carbonyl (C=O) groups is 2. The molecular weight excluding hydrogens is 320 g/mol. The summed E-state index contributed by atoms with van der Waals surface area (Å²) in [5.41, 5.74) is 0.447. The highest BCUT2D eigenvalue weighted by atomic mass is 79.9. The molecule has 98 valence electrons. The number of carbonyl (C=O) groups excluding carboxylic acids is 2. The smallest absolute Gasteiger partial charge is 0.252 e.